The number of halogens is 1. The minimum Gasteiger partial charge on any atom is -0.462 e. The van der Waals surface area contributed by atoms with Crippen molar-refractivity contribution in [3.05, 3.63) is 70.9 Å². The summed E-state index contributed by atoms with van der Waals surface area (Å²) >= 11 is 1.27. The number of rotatable bonds is 6. The Bertz CT molecular complexity index is 1180. The normalized spacial score (nSPS) is 19.3. The number of fused-ring (bicyclic) bond motifs is 1. The fourth-order valence-electron chi connectivity index (χ4n) is 3.78. The smallest absolute Gasteiger partial charge is 0.338 e. The molecule has 2 unspecified atom stereocenters. The van der Waals surface area contributed by atoms with Gasteiger partial charge in [0.15, 0.2) is 0 Å². The van der Waals surface area contributed by atoms with Crippen molar-refractivity contribution >= 4 is 47.0 Å². The number of hydrogen-bond donors (Lipinski definition) is 1. The van der Waals surface area contributed by atoms with Gasteiger partial charge in [0.05, 0.1) is 23.9 Å². The highest BCUT2D eigenvalue weighted by Crippen LogP contribution is 2.36. The maximum absolute atomic E-state index is 13.7. The van der Waals surface area contributed by atoms with E-state index in [-0.39, 0.29) is 18.8 Å². The lowest BCUT2D eigenvalue weighted by atomic mass is 10.1. The number of ether oxygens (including phenoxy) is 1. The molecule has 176 valence electrons. The molecular weight excluding hydrogens is 461 g/mol. The fourth-order valence-corrected chi connectivity index (χ4v) is 4.82. The highest BCUT2D eigenvalue weighted by atomic mass is 32.2. The van der Waals surface area contributed by atoms with E-state index in [9.17, 15) is 23.6 Å². The molecule has 4 rings (SSSR count). The summed E-state index contributed by atoms with van der Waals surface area (Å²) in [5.41, 5.74) is 1.34. The lowest BCUT2D eigenvalue weighted by Crippen LogP contribution is -2.63. The van der Waals surface area contributed by atoms with E-state index in [1.807, 2.05) is 0 Å². The van der Waals surface area contributed by atoms with Gasteiger partial charge in [-0.15, -0.1) is 11.8 Å². The number of hydrogen-bond acceptors (Lipinski definition) is 6. The van der Waals surface area contributed by atoms with Crippen LogP contribution in [0.3, 0.4) is 0 Å². The Labute approximate surface area is 199 Å². The summed E-state index contributed by atoms with van der Waals surface area (Å²) in [4.78, 5) is 53.2. The molecule has 1 fully saturated rings. The molecule has 2 atom stereocenters. The largest absolute Gasteiger partial charge is 0.462 e. The van der Waals surface area contributed by atoms with Crippen molar-refractivity contribution in [3.63, 3.8) is 0 Å². The second kappa shape index (κ2) is 9.68. The van der Waals surface area contributed by atoms with Crippen molar-refractivity contribution in [1.82, 2.24) is 4.90 Å². The highest BCUT2D eigenvalue weighted by Gasteiger charge is 2.48. The molecule has 4 amide bonds. The van der Waals surface area contributed by atoms with E-state index in [1.54, 1.807) is 37.5 Å². The Morgan fingerprint density at radius 3 is 2.56 bits per heavy atom. The minimum absolute atomic E-state index is 0.250. The van der Waals surface area contributed by atoms with Crippen LogP contribution in [-0.2, 0) is 14.3 Å². The van der Waals surface area contributed by atoms with E-state index in [0.717, 1.165) is 4.90 Å². The van der Waals surface area contributed by atoms with Crippen LogP contribution >= 0.6 is 11.8 Å². The summed E-state index contributed by atoms with van der Waals surface area (Å²) in [6, 6.07) is 8.97. The predicted molar refractivity (Wildman–Crippen MR) is 126 cm³/mol. The summed E-state index contributed by atoms with van der Waals surface area (Å²) in [5, 5.41) is 3.84. The molecule has 0 spiro atoms. The molecule has 8 nitrogen and oxygen atoms in total. The molecule has 10 heteroatoms. The van der Waals surface area contributed by atoms with Crippen molar-refractivity contribution in [2.24, 2.45) is 0 Å². The van der Waals surface area contributed by atoms with Crippen molar-refractivity contribution in [1.29, 1.82) is 0 Å². The summed E-state index contributed by atoms with van der Waals surface area (Å²) < 4.78 is 18.7. The summed E-state index contributed by atoms with van der Waals surface area (Å²) in [7, 11) is 0. The molecule has 2 aromatic rings. The van der Waals surface area contributed by atoms with Gasteiger partial charge in [0.2, 0.25) is 5.91 Å². The Kier molecular flexibility index (Phi) is 6.69. The third kappa shape index (κ3) is 4.54. The van der Waals surface area contributed by atoms with E-state index in [1.165, 1.54) is 47.0 Å². The predicted octanol–water partition coefficient (Wildman–Crippen LogP) is 3.72. The number of nitrogens with zero attached hydrogens (tertiary/aromatic N) is 2. The van der Waals surface area contributed by atoms with E-state index < -0.39 is 40.9 Å². The van der Waals surface area contributed by atoms with Crippen LogP contribution in [0.2, 0.25) is 0 Å². The SMILES string of the molecule is CCOC(=O)c1ccc(NC(=O)CN2C(=O)N(c3ccc(F)c(C)c3)C(=O)C3SC=CC32)cc1. The minimum atomic E-state index is -0.655. The Morgan fingerprint density at radius 1 is 1.15 bits per heavy atom. The van der Waals surface area contributed by atoms with Crippen molar-refractivity contribution in [2.45, 2.75) is 25.1 Å². The number of thioether (sulfide) groups is 1. The van der Waals surface area contributed by atoms with E-state index in [2.05, 4.69) is 5.32 Å². The maximum atomic E-state index is 13.7. The maximum Gasteiger partial charge on any atom is 0.338 e. The van der Waals surface area contributed by atoms with Crippen LogP contribution in [0.15, 0.2) is 53.9 Å². The van der Waals surface area contributed by atoms with Crippen molar-refractivity contribution in [2.75, 3.05) is 23.4 Å². The van der Waals surface area contributed by atoms with Gasteiger partial charge in [-0.1, -0.05) is 6.08 Å². The van der Waals surface area contributed by atoms with E-state index >= 15 is 0 Å². The van der Waals surface area contributed by atoms with Gasteiger partial charge in [0.1, 0.15) is 17.6 Å². The monoisotopic (exact) mass is 483 g/mol. The average Bonchev–Trinajstić information content (AvgIpc) is 3.30. The van der Waals surface area contributed by atoms with E-state index in [4.69, 9.17) is 4.74 Å². The van der Waals surface area contributed by atoms with Crippen LogP contribution in [0.25, 0.3) is 0 Å². The fraction of sp³-hybridized carbons (Fsp3) is 0.250. The van der Waals surface area contributed by atoms with Crippen molar-refractivity contribution in [3.8, 4) is 0 Å². The van der Waals surface area contributed by atoms with Crippen LogP contribution in [0.1, 0.15) is 22.8 Å². The number of amides is 4. The number of imide groups is 1. The quantitative estimate of drug-likeness (QED) is 0.630. The summed E-state index contributed by atoms with van der Waals surface area (Å²) in [6.07, 6.45) is 1.72. The molecule has 0 aliphatic carbocycles. The highest BCUT2D eigenvalue weighted by molar-refractivity contribution is 8.03. The van der Waals surface area contributed by atoms with Gasteiger partial charge in [0, 0.05) is 5.69 Å². The van der Waals surface area contributed by atoms with Crippen LogP contribution in [-0.4, -0.2) is 53.2 Å². The Hall–Kier alpha value is -3.66. The molecule has 0 saturated carbocycles. The van der Waals surface area contributed by atoms with Gasteiger partial charge >= 0.3 is 12.0 Å². The molecule has 0 aromatic heterocycles. The first-order valence-electron chi connectivity index (χ1n) is 10.6. The second-order valence-corrected chi connectivity index (χ2v) is 8.79. The molecule has 2 heterocycles. The van der Waals surface area contributed by atoms with Crippen LogP contribution in [0.4, 0.5) is 20.6 Å². The first kappa shape index (κ1) is 23.5. The van der Waals surface area contributed by atoms with E-state index in [0.29, 0.717) is 16.8 Å². The van der Waals surface area contributed by atoms with Gasteiger partial charge in [-0.3, -0.25) is 9.59 Å². The first-order valence-corrected chi connectivity index (χ1v) is 11.5. The molecule has 0 radical (unpaired) electrons. The zero-order valence-corrected chi connectivity index (χ0v) is 19.3. The number of urea groups is 1. The van der Waals surface area contributed by atoms with Gasteiger partial charge in [-0.2, -0.15) is 0 Å². The number of carbonyl (C=O) groups excluding carboxylic acids is 4. The zero-order valence-electron chi connectivity index (χ0n) is 18.5. The second-order valence-electron chi connectivity index (χ2n) is 7.74. The van der Waals surface area contributed by atoms with Gasteiger partial charge < -0.3 is 15.0 Å². The first-order chi connectivity index (χ1) is 16.3. The average molecular weight is 484 g/mol. The molecule has 0 bridgehead atoms. The standard InChI is InChI=1S/C24H22FN3O5S/c1-3-33-23(31)15-4-6-16(7-5-15)26-20(29)13-27-19-10-11-34-21(19)22(30)28(24(27)32)17-8-9-18(25)14(2)12-17/h4-12,19,21H,3,13H2,1-2H3,(H,26,29). The van der Waals surface area contributed by atoms with Gasteiger partial charge in [-0.05, 0) is 67.3 Å². The number of benzene rings is 2. The van der Waals surface area contributed by atoms with Crippen LogP contribution in [0.5, 0.6) is 0 Å². The lowest BCUT2D eigenvalue weighted by Gasteiger charge is -2.40. The topological polar surface area (TPSA) is 96.0 Å². The lowest BCUT2D eigenvalue weighted by molar-refractivity contribution is -0.121. The van der Waals surface area contributed by atoms with Gasteiger partial charge in [0.25, 0.3) is 5.91 Å². The van der Waals surface area contributed by atoms with Crippen LogP contribution in [0, 0.1) is 12.7 Å². The van der Waals surface area contributed by atoms with Crippen LogP contribution < -0.4 is 10.2 Å². The van der Waals surface area contributed by atoms with Crippen molar-refractivity contribution < 1.29 is 28.3 Å². The third-order valence-electron chi connectivity index (χ3n) is 5.47. The Balaban J connectivity index is 1.51. The number of nitrogens with one attached hydrogen (secondary N) is 1. The number of anilines is 2. The number of carbonyl (C=O) groups is 4. The van der Waals surface area contributed by atoms with Gasteiger partial charge in [-0.25, -0.2) is 18.9 Å². The molecule has 1 saturated heterocycles. The number of aryl methyl sites for hydroxylation is 1. The molecule has 2 aliphatic heterocycles. The summed E-state index contributed by atoms with van der Waals surface area (Å²) in [6.45, 7) is 3.22. The third-order valence-corrected chi connectivity index (χ3v) is 6.55. The molecule has 2 aliphatic rings. The zero-order chi connectivity index (χ0) is 24.4. The summed E-state index contributed by atoms with van der Waals surface area (Å²) in [5.74, 6) is -1.79. The number of esters is 1. The molecular formula is C24H22FN3O5S. The molecule has 1 N–H and O–H groups in total. The Morgan fingerprint density at radius 2 is 1.88 bits per heavy atom. The molecule has 34 heavy (non-hydrogen) atoms. The molecule has 2 aromatic carbocycles.